The summed E-state index contributed by atoms with van der Waals surface area (Å²) < 4.78 is 53.0. The van der Waals surface area contributed by atoms with Crippen molar-refractivity contribution >= 4 is 27.6 Å². The molecule has 0 saturated carbocycles. The number of hydrogen-bond donors (Lipinski definition) is 3. The first-order valence-electron chi connectivity index (χ1n) is 7.44. The Morgan fingerprint density at radius 3 is 2.56 bits per heavy atom. The van der Waals surface area contributed by atoms with Gasteiger partial charge in [0, 0.05) is 13.2 Å². The number of alkyl halides is 3. The molecule has 11 heteroatoms. The van der Waals surface area contributed by atoms with E-state index in [4.69, 9.17) is 0 Å². The number of aliphatic hydroxyl groups excluding tert-OH is 1. The monoisotopic (exact) mass is 451 g/mol. The molecule has 2 amide bonds. The maximum atomic E-state index is 13.6. The van der Waals surface area contributed by atoms with E-state index < -0.39 is 47.5 Å². The van der Waals surface area contributed by atoms with E-state index in [0.29, 0.717) is 16.8 Å². The number of carbonyl (C=O) groups excluding carboxylic acids is 1. The molecule has 146 valence electrons. The van der Waals surface area contributed by atoms with Gasteiger partial charge in [0.1, 0.15) is 11.5 Å². The highest BCUT2D eigenvalue weighted by Crippen LogP contribution is 2.29. The second-order valence-electron chi connectivity index (χ2n) is 5.56. The van der Waals surface area contributed by atoms with Gasteiger partial charge in [-0.2, -0.15) is 13.2 Å². The lowest BCUT2D eigenvalue weighted by Crippen LogP contribution is -2.36. The summed E-state index contributed by atoms with van der Waals surface area (Å²) in [6, 6.07) is 2.33. The smallest absolute Gasteiger partial charge is 0.394 e. The van der Waals surface area contributed by atoms with E-state index in [1.807, 2.05) is 5.32 Å². The van der Waals surface area contributed by atoms with E-state index in [0.717, 1.165) is 13.1 Å². The lowest BCUT2D eigenvalue weighted by Gasteiger charge is -2.18. The zero-order valence-electron chi connectivity index (χ0n) is 13.8. The van der Waals surface area contributed by atoms with Crippen molar-refractivity contribution < 1.29 is 27.5 Å². The average Bonchev–Trinajstić information content (AvgIpc) is 2.58. The number of aliphatic hydroxyl groups is 1. The van der Waals surface area contributed by atoms with Gasteiger partial charge in [0.2, 0.25) is 0 Å². The van der Waals surface area contributed by atoms with Gasteiger partial charge in [0.15, 0.2) is 0 Å². The standard InChI is InChI=1S/C16H14BrF4N3O3/c1-24-6-9(16(19,20)21)5-12(14(24)26)22-15(27)23-13(7-25)8-2-3-10(17)11(18)4-8/h2-6,13,25H,7H2,1H3,(H2,22,23,27). The third kappa shape index (κ3) is 5.07. The zero-order chi connectivity index (χ0) is 20.4. The van der Waals surface area contributed by atoms with Crippen LogP contribution in [0.4, 0.5) is 28.0 Å². The van der Waals surface area contributed by atoms with Crippen LogP contribution >= 0.6 is 15.9 Å². The molecular weight excluding hydrogens is 438 g/mol. The number of amides is 2. The molecular formula is C16H14BrF4N3O3. The maximum Gasteiger partial charge on any atom is 0.417 e. The van der Waals surface area contributed by atoms with Crippen LogP contribution in [0.25, 0.3) is 0 Å². The van der Waals surface area contributed by atoms with E-state index in [1.165, 1.54) is 12.1 Å². The number of anilines is 1. The number of hydrogen-bond acceptors (Lipinski definition) is 3. The number of carbonyl (C=O) groups is 1. The number of aryl methyl sites for hydroxylation is 1. The summed E-state index contributed by atoms with van der Waals surface area (Å²) in [5, 5.41) is 13.7. The molecule has 27 heavy (non-hydrogen) atoms. The third-order valence-corrected chi connectivity index (χ3v) is 4.24. The second-order valence-corrected chi connectivity index (χ2v) is 6.42. The first-order valence-corrected chi connectivity index (χ1v) is 8.23. The van der Waals surface area contributed by atoms with Crippen molar-refractivity contribution in [3.05, 3.63) is 62.2 Å². The minimum atomic E-state index is -4.71. The minimum absolute atomic E-state index is 0.180. The summed E-state index contributed by atoms with van der Waals surface area (Å²) in [7, 11) is 1.11. The topological polar surface area (TPSA) is 83.4 Å². The summed E-state index contributed by atoms with van der Waals surface area (Å²) in [5.41, 5.74) is -2.34. The molecule has 2 aromatic rings. The van der Waals surface area contributed by atoms with Crippen LogP contribution in [-0.2, 0) is 13.2 Å². The quantitative estimate of drug-likeness (QED) is 0.624. The van der Waals surface area contributed by atoms with Crippen LogP contribution in [-0.4, -0.2) is 22.3 Å². The molecule has 0 aliphatic rings. The predicted molar refractivity (Wildman–Crippen MR) is 92.8 cm³/mol. The molecule has 2 rings (SSSR count). The highest BCUT2D eigenvalue weighted by molar-refractivity contribution is 9.10. The van der Waals surface area contributed by atoms with Crippen molar-refractivity contribution in [2.75, 3.05) is 11.9 Å². The first-order chi connectivity index (χ1) is 12.5. The first kappa shape index (κ1) is 20.9. The lowest BCUT2D eigenvalue weighted by molar-refractivity contribution is -0.138. The Balaban J connectivity index is 2.22. The predicted octanol–water partition coefficient (Wildman–Crippen LogP) is 3.16. The number of pyridine rings is 1. The summed E-state index contributed by atoms with van der Waals surface area (Å²) in [6.07, 6.45) is -4.10. The van der Waals surface area contributed by atoms with E-state index in [2.05, 4.69) is 21.2 Å². The number of halogens is 5. The minimum Gasteiger partial charge on any atom is -0.394 e. The second kappa shape index (κ2) is 8.09. The lowest BCUT2D eigenvalue weighted by atomic mass is 10.1. The number of rotatable bonds is 4. The highest BCUT2D eigenvalue weighted by atomic mass is 79.9. The molecule has 0 aliphatic carbocycles. The summed E-state index contributed by atoms with van der Waals surface area (Å²) >= 11 is 2.97. The normalized spacial score (nSPS) is 12.6. The molecule has 1 aromatic heterocycles. The van der Waals surface area contributed by atoms with Gasteiger partial charge in [-0.15, -0.1) is 0 Å². The van der Waals surface area contributed by atoms with Gasteiger partial charge in [0.25, 0.3) is 5.56 Å². The third-order valence-electron chi connectivity index (χ3n) is 3.59. The van der Waals surface area contributed by atoms with E-state index in [-0.39, 0.29) is 10.0 Å². The fourth-order valence-corrected chi connectivity index (χ4v) is 2.48. The van der Waals surface area contributed by atoms with E-state index in [1.54, 1.807) is 0 Å². The van der Waals surface area contributed by atoms with Crippen molar-refractivity contribution in [3.8, 4) is 0 Å². The SMILES string of the molecule is Cn1cc(C(F)(F)F)cc(NC(=O)NC(CO)c2ccc(Br)c(F)c2)c1=O. The number of nitrogens with zero attached hydrogens (tertiary/aromatic N) is 1. The van der Waals surface area contributed by atoms with Crippen LogP contribution in [0.2, 0.25) is 0 Å². The molecule has 0 saturated heterocycles. The number of benzene rings is 1. The fraction of sp³-hybridized carbons (Fsp3) is 0.250. The van der Waals surface area contributed by atoms with Crippen molar-refractivity contribution in [3.63, 3.8) is 0 Å². The van der Waals surface area contributed by atoms with Crippen molar-refractivity contribution in [2.45, 2.75) is 12.2 Å². The maximum absolute atomic E-state index is 13.6. The summed E-state index contributed by atoms with van der Waals surface area (Å²) in [6.45, 7) is -0.602. The molecule has 6 nitrogen and oxygen atoms in total. The number of nitrogens with one attached hydrogen (secondary N) is 2. The van der Waals surface area contributed by atoms with Crippen LogP contribution < -0.4 is 16.2 Å². The van der Waals surface area contributed by atoms with Crippen LogP contribution in [0.1, 0.15) is 17.2 Å². The van der Waals surface area contributed by atoms with Gasteiger partial charge >= 0.3 is 12.2 Å². The van der Waals surface area contributed by atoms with Crippen molar-refractivity contribution in [1.82, 2.24) is 9.88 Å². The van der Waals surface area contributed by atoms with Gasteiger partial charge in [-0.3, -0.25) is 4.79 Å². The largest absolute Gasteiger partial charge is 0.417 e. The van der Waals surface area contributed by atoms with Crippen molar-refractivity contribution in [2.24, 2.45) is 7.05 Å². The Labute approximate surface area is 158 Å². The van der Waals surface area contributed by atoms with E-state index in [9.17, 15) is 32.3 Å². The fourth-order valence-electron chi connectivity index (χ4n) is 2.24. The van der Waals surface area contributed by atoms with Crippen molar-refractivity contribution in [1.29, 1.82) is 0 Å². The highest BCUT2D eigenvalue weighted by Gasteiger charge is 2.32. The Hall–Kier alpha value is -2.40. The molecule has 0 radical (unpaired) electrons. The molecule has 1 unspecified atom stereocenters. The van der Waals surface area contributed by atoms with Crippen LogP contribution in [0.3, 0.4) is 0 Å². The van der Waals surface area contributed by atoms with E-state index >= 15 is 0 Å². The molecule has 3 N–H and O–H groups in total. The van der Waals surface area contributed by atoms with Crippen LogP contribution in [0.5, 0.6) is 0 Å². The van der Waals surface area contributed by atoms with Crippen LogP contribution in [0, 0.1) is 5.82 Å². The molecule has 0 aliphatic heterocycles. The van der Waals surface area contributed by atoms with Gasteiger partial charge in [-0.25, -0.2) is 9.18 Å². The Kier molecular flexibility index (Phi) is 6.26. The average molecular weight is 452 g/mol. The van der Waals surface area contributed by atoms with Gasteiger partial charge in [-0.05, 0) is 39.7 Å². The molecule has 0 spiro atoms. The molecule has 1 atom stereocenters. The number of urea groups is 1. The Morgan fingerprint density at radius 2 is 2.00 bits per heavy atom. The van der Waals surface area contributed by atoms with Crippen LogP contribution in [0.15, 0.2) is 39.7 Å². The molecule has 1 aromatic carbocycles. The zero-order valence-corrected chi connectivity index (χ0v) is 15.4. The summed E-state index contributed by atoms with van der Waals surface area (Å²) in [4.78, 5) is 24.0. The Bertz CT molecular complexity index is 915. The molecule has 1 heterocycles. The molecule has 0 bridgehead atoms. The Morgan fingerprint density at radius 1 is 1.33 bits per heavy atom. The molecule has 0 fully saturated rings. The van der Waals surface area contributed by atoms with Gasteiger partial charge in [-0.1, -0.05) is 6.07 Å². The van der Waals surface area contributed by atoms with Gasteiger partial charge < -0.3 is 20.3 Å². The number of aromatic nitrogens is 1. The van der Waals surface area contributed by atoms with Gasteiger partial charge in [0.05, 0.1) is 22.7 Å². The summed E-state index contributed by atoms with van der Waals surface area (Å²) in [5.74, 6) is -0.625.